The number of thiazole rings is 1. The molecular formula is C15H15N3O2S. The highest BCUT2D eigenvalue weighted by molar-refractivity contribution is 7.15. The second-order valence-electron chi connectivity index (χ2n) is 5.01. The first-order valence-corrected chi connectivity index (χ1v) is 7.71. The van der Waals surface area contributed by atoms with Crippen molar-refractivity contribution >= 4 is 16.3 Å². The Morgan fingerprint density at radius 3 is 3.05 bits per heavy atom. The quantitative estimate of drug-likeness (QED) is 0.808. The molecule has 6 heteroatoms. The maximum atomic E-state index is 5.78. The summed E-state index contributed by atoms with van der Waals surface area (Å²) in [6.07, 6.45) is 0.794. The van der Waals surface area contributed by atoms with Crippen LogP contribution in [0.5, 0.6) is 11.5 Å². The zero-order chi connectivity index (χ0) is 14.4. The minimum atomic E-state index is 0.284. The lowest BCUT2D eigenvalue weighted by Gasteiger charge is -2.05. The molecule has 0 fully saturated rings. The minimum Gasteiger partial charge on any atom is -0.454 e. The number of aromatic nitrogens is 2. The van der Waals surface area contributed by atoms with Gasteiger partial charge < -0.3 is 15.2 Å². The molecule has 0 saturated carbocycles. The summed E-state index contributed by atoms with van der Waals surface area (Å²) in [5.41, 5.74) is 10.2. The molecule has 1 aromatic carbocycles. The summed E-state index contributed by atoms with van der Waals surface area (Å²) in [4.78, 5) is 5.78. The van der Waals surface area contributed by atoms with E-state index in [1.165, 1.54) is 5.69 Å². The molecule has 0 unspecified atom stereocenters. The number of nitrogens with zero attached hydrogens (tertiary/aromatic N) is 2. The standard InChI is InChI=1S/C15H15N3O2S/c1-9-7-21-15-17-14(11(4-5-16)18(9)15)10-2-3-12-13(6-10)20-8-19-12/h2-3,6-7H,4-5,8,16H2,1H3. The topological polar surface area (TPSA) is 61.8 Å². The van der Waals surface area contributed by atoms with Crippen molar-refractivity contribution in [3.05, 3.63) is 35.0 Å². The third-order valence-electron chi connectivity index (χ3n) is 3.66. The van der Waals surface area contributed by atoms with Gasteiger partial charge in [0, 0.05) is 23.1 Å². The van der Waals surface area contributed by atoms with Crippen LogP contribution in [-0.2, 0) is 6.42 Å². The van der Waals surface area contributed by atoms with Gasteiger partial charge in [0.2, 0.25) is 6.79 Å². The van der Waals surface area contributed by atoms with Crippen molar-refractivity contribution in [2.75, 3.05) is 13.3 Å². The molecule has 2 aromatic heterocycles. The average Bonchev–Trinajstić information content (AvgIpc) is 3.16. The van der Waals surface area contributed by atoms with Gasteiger partial charge in [-0.25, -0.2) is 4.98 Å². The fourth-order valence-electron chi connectivity index (χ4n) is 2.71. The number of ether oxygens (including phenoxy) is 2. The molecule has 3 aromatic rings. The fraction of sp³-hybridized carbons (Fsp3) is 0.267. The number of hydrogen-bond acceptors (Lipinski definition) is 5. The van der Waals surface area contributed by atoms with E-state index < -0.39 is 0 Å². The van der Waals surface area contributed by atoms with Gasteiger partial charge in [-0.1, -0.05) is 0 Å². The van der Waals surface area contributed by atoms with E-state index in [1.54, 1.807) is 11.3 Å². The summed E-state index contributed by atoms with van der Waals surface area (Å²) < 4.78 is 13.0. The highest BCUT2D eigenvalue weighted by atomic mass is 32.1. The maximum Gasteiger partial charge on any atom is 0.231 e. The first-order chi connectivity index (χ1) is 10.3. The van der Waals surface area contributed by atoms with Crippen LogP contribution < -0.4 is 15.2 Å². The molecule has 4 rings (SSSR count). The Morgan fingerprint density at radius 1 is 1.33 bits per heavy atom. The van der Waals surface area contributed by atoms with E-state index in [-0.39, 0.29) is 6.79 Å². The Labute approximate surface area is 125 Å². The van der Waals surface area contributed by atoms with E-state index in [0.29, 0.717) is 6.54 Å². The summed E-state index contributed by atoms with van der Waals surface area (Å²) in [5.74, 6) is 1.57. The average molecular weight is 301 g/mol. The summed E-state index contributed by atoms with van der Waals surface area (Å²) in [6, 6.07) is 5.95. The Morgan fingerprint density at radius 2 is 2.19 bits per heavy atom. The molecule has 5 nitrogen and oxygen atoms in total. The highest BCUT2D eigenvalue weighted by Crippen LogP contribution is 2.37. The van der Waals surface area contributed by atoms with Crippen LogP contribution in [-0.4, -0.2) is 22.7 Å². The highest BCUT2D eigenvalue weighted by Gasteiger charge is 2.19. The molecule has 2 N–H and O–H groups in total. The molecule has 0 bridgehead atoms. The third kappa shape index (κ3) is 1.91. The SMILES string of the molecule is Cc1csc2nc(-c3ccc4c(c3)OCO4)c(CCN)n12. The number of nitrogens with two attached hydrogens (primary N) is 1. The van der Waals surface area contributed by atoms with Crippen molar-refractivity contribution in [2.45, 2.75) is 13.3 Å². The molecule has 1 aliphatic heterocycles. The van der Waals surface area contributed by atoms with Crippen LogP contribution in [0.25, 0.3) is 16.2 Å². The molecule has 0 atom stereocenters. The van der Waals surface area contributed by atoms with Gasteiger partial charge in [0.15, 0.2) is 16.5 Å². The van der Waals surface area contributed by atoms with Gasteiger partial charge in [0.1, 0.15) is 0 Å². The van der Waals surface area contributed by atoms with Gasteiger partial charge in [-0.05, 0) is 31.7 Å². The van der Waals surface area contributed by atoms with Crippen LogP contribution in [0.15, 0.2) is 23.6 Å². The minimum absolute atomic E-state index is 0.284. The van der Waals surface area contributed by atoms with E-state index in [1.807, 2.05) is 18.2 Å². The van der Waals surface area contributed by atoms with E-state index in [2.05, 4.69) is 16.7 Å². The molecule has 0 saturated heterocycles. The first-order valence-electron chi connectivity index (χ1n) is 6.83. The molecule has 0 amide bonds. The van der Waals surface area contributed by atoms with E-state index in [0.717, 1.165) is 39.8 Å². The van der Waals surface area contributed by atoms with Crippen LogP contribution in [0, 0.1) is 6.92 Å². The van der Waals surface area contributed by atoms with E-state index in [9.17, 15) is 0 Å². The van der Waals surface area contributed by atoms with Crippen molar-refractivity contribution in [3.8, 4) is 22.8 Å². The summed E-state index contributed by atoms with van der Waals surface area (Å²) in [5, 5.41) is 2.12. The molecule has 0 radical (unpaired) electrons. The molecule has 0 aliphatic carbocycles. The van der Waals surface area contributed by atoms with Gasteiger partial charge in [-0.2, -0.15) is 0 Å². The number of hydrogen-bond donors (Lipinski definition) is 1. The first kappa shape index (κ1) is 12.7. The number of imidazole rings is 1. The molecule has 0 spiro atoms. The van der Waals surface area contributed by atoms with Crippen molar-refractivity contribution < 1.29 is 9.47 Å². The van der Waals surface area contributed by atoms with Crippen molar-refractivity contribution in [1.29, 1.82) is 0 Å². The fourth-order valence-corrected chi connectivity index (χ4v) is 3.59. The molecule has 1 aliphatic rings. The Hall–Kier alpha value is -2.05. The predicted octanol–water partition coefficient (Wildman–Crippen LogP) is 2.60. The van der Waals surface area contributed by atoms with Crippen molar-refractivity contribution in [1.82, 2.24) is 9.38 Å². The zero-order valence-electron chi connectivity index (χ0n) is 11.6. The lowest BCUT2D eigenvalue weighted by molar-refractivity contribution is 0.174. The molecular weight excluding hydrogens is 286 g/mol. The van der Waals surface area contributed by atoms with Crippen LogP contribution in [0.4, 0.5) is 0 Å². The summed E-state index contributed by atoms with van der Waals surface area (Å²) in [6.45, 7) is 2.97. The van der Waals surface area contributed by atoms with Gasteiger partial charge in [0.05, 0.1) is 11.4 Å². The lowest BCUT2D eigenvalue weighted by Crippen LogP contribution is -2.06. The van der Waals surface area contributed by atoms with E-state index in [4.69, 9.17) is 20.2 Å². The van der Waals surface area contributed by atoms with Gasteiger partial charge in [-0.3, -0.25) is 4.40 Å². The van der Waals surface area contributed by atoms with Crippen LogP contribution >= 0.6 is 11.3 Å². The van der Waals surface area contributed by atoms with Crippen LogP contribution in [0.3, 0.4) is 0 Å². The summed E-state index contributed by atoms with van der Waals surface area (Å²) >= 11 is 1.65. The smallest absolute Gasteiger partial charge is 0.231 e. The molecule has 21 heavy (non-hydrogen) atoms. The second kappa shape index (κ2) is 4.75. The maximum absolute atomic E-state index is 5.78. The molecule has 3 heterocycles. The number of benzene rings is 1. The number of fused-ring (bicyclic) bond motifs is 2. The largest absolute Gasteiger partial charge is 0.454 e. The predicted molar refractivity (Wildman–Crippen MR) is 82.1 cm³/mol. The zero-order valence-corrected chi connectivity index (χ0v) is 12.4. The van der Waals surface area contributed by atoms with E-state index >= 15 is 0 Å². The van der Waals surface area contributed by atoms with Gasteiger partial charge >= 0.3 is 0 Å². The lowest BCUT2D eigenvalue weighted by atomic mass is 10.1. The number of rotatable bonds is 3. The van der Waals surface area contributed by atoms with Crippen LogP contribution in [0.2, 0.25) is 0 Å². The second-order valence-corrected chi connectivity index (χ2v) is 5.85. The normalized spacial score (nSPS) is 13.2. The Kier molecular flexibility index (Phi) is 2.87. The third-order valence-corrected chi connectivity index (χ3v) is 4.60. The Balaban J connectivity index is 1.91. The monoisotopic (exact) mass is 301 g/mol. The van der Waals surface area contributed by atoms with Gasteiger partial charge in [0.25, 0.3) is 0 Å². The van der Waals surface area contributed by atoms with Crippen LogP contribution in [0.1, 0.15) is 11.4 Å². The summed E-state index contributed by atoms with van der Waals surface area (Å²) in [7, 11) is 0. The van der Waals surface area contributed by atoms with Gasteiger partial charge in [-0.15, -0.1) is 11.3 Å². The molecule has 108 valence electrons. The number of aryl methyl sites for hydroxylation is 1. The van der Waals surface area contributed by atoms with Crippen molar-refractivity contribution in [2.24, 2.45) is 5.73 Å². The Bertz CT molecular complexity index is 822. The van der Waals surface area contributed by atoms with Crippen molar-refractivity contribution in [3.63, 3.8) is 0 Å².